The normalized spacial score (nSPS) is 10.9. The lowest BCUT2D eigenvalue weighted by molar-refractivity contribution is -0.384. The fourth-order valence-electron chi connectivity index (χ4n) is 2.13. The molecule has 0 aliphatic heterocycles. The first-order valence-corrected chi connectivity index (χ1v) is 10.3. The standard InChI is InChI=1S/C17H15N3O3S3/c1-10(2)26-13-5-3-11(4-6-13)16(21)19-17-18-14(9-25-17)15-7-12(8-24-15)20(22)23/h3-10H,1-2H3,(H,18,19,21). The van der Waals surface area contributed by atoms with Crippen molar-refractivity contribution in [2.24, 2.45) is 0 Å². The Morgan fingerprint density at radius 1 is 1.23 bits per heavy atom. The highest BCUT2D eigenvalue weighted by atomic mass is 32.2. The van der Waals surface area contributed by atoms with Crippen LogP contribution in [0.15, 0.2) is 46.0 Å². The number of amides is 1. The van der Waals surface area contributed by atoms with Gasteiger partial charge in [0.05, 0.1) is 20.9 Å². The molecule has 1 N–H and O–H groups in total. The Bertz CT molecular complexity index is 932. The van der Waals surface area contributed by atoms with Crippen molar-refractivity contribution >= 4 is 51.2 Å². The predicted octanol–water partition coefficient (Wildman–Crippen LogP) is 5.53. The Morgan fingerprint density at radius 3 is 2.58 bits per heavy atom. The topological polar surface area (TPSA) is 85.1 Å². The number of carbonyl (C=O) groups excluding carboxylic acids is 1. The number of hydrogen-bond acceptors (Lipinski definition) is 7. The van der Waals surface area contributed by atoms with Crippen molar-refractivity contribution in [3.8, 4) is 10.6 Å². The number of benzene rings is 1. The van der Waals surface area contributed by atoms with Crippen LogP contribution in [0.2, 0.25) is 0 Å². The number of thiophene rings is 1. The molecule has 0 radical (unpaired) electrons. The first-order valence-electron chi connectivity index (χ1n) is 7.69. The quantitative estimate of drug-likeness (QED) is 0.331. The SMILES string of the molecule is CC(C)Sc1ccc(C(=O)Nc2nc(-c3cc([N+](=O)[O-])cs3)cs2)cc1. The summed E-state index contributed by atoms with van der Waals surface area (Å²) in [7, 11) is 0. The van der Waals surface area contributed by atoms with E-state index in [9.17, 15) is 14.9 Å². The summed E-state index contributed by atoms with van der Waals surface area (Å²) >= 11 is 4.28. The molecule has 0 atom stereocenters. The summed E-state index contributed by atoms with van der Waals surface area (Å²) in [4.78, 5) is 28.8. The zero-order chi connectivity index (χ0) is 18.7. The summed E-state index contributed by atoms with van der Waals surface area (Å²) in [5, 5.41) is 17.7. The largest absolute Gasteiger partial charge is 0.298 e. The van der Waals surface area contributed by atoms with E-state index in [4.69, 9.17) is 0 Å². The molecule has 1 aromatic carbocycles. The third kappa shape index (κ3) is 4.48. The Labute approximate surface area is 162 Å². The summed E-state index contributed by atoms with van der Waals surface area (Å²) in [6, 6.07) is 8.92. The lowest BCUT2D eigenvalue weighted by Gasteiger charge is -2.06. The second-order valence-corrected chi connectivity index (χ2v) is 9.03. The molecule has 0 aliphatic rings. The Kier molecular flexibility index (Phi) is 5.70. The average Bonchev–Trinajstić information content (AvgIpc) is 3.23. The van der Waals surface area contributed by atoms with Gasteiger partial charge in [-0.05, 0) is 24.3 Å². The molecule has 26 heavy (non-hydrogen) atoms. The minimum atomic E-state index is -0.434. The van der Waals surface area contributed by atoms with Crippen LogP contribution in [0.3, 0.4) is 0 Å². The van der Waals surface area contributed by atoms with Crippen LogP contribution in [0.1, 0.15) is 24.2 Å². The van der Waals surface area contributed by atoms with E-state index in [1.54, 1.807) is 29.3 Å². The minimum absolute atomic E-state index is 0.0444. The molecule has 3 rings (SSSR count). The Morgan fingerprint density at radius 2 is 1.96 bits per heavy atom. The molecule has 2 heterocycles. The molecule has 0 spiro atoms. The highest BCUT2D eigenvalue weighted by molar-refractivity contribution is 7.99. The fraction of sp³-hybridized carbons (Fsp3) is 0.176. The van der Waals surface area contributed by atoms with Crippen LogP contribution in [-0.4, -0.2) is 21.1 Å². The molecule has 0 bridgehead atoms. The first-order chi connectivity index (χ1) is 12.4. The number of nitrogens with one attached hydrogen (secondary N) is 1. The maximum absolute atomic E-state index is 12.3. The number of anilines is 1. The average molecular weight is 406 g/mol. The molecule has 0 unspecified atom stereocenters. The van der Waals surface area contributed by atoms with E-state index < -0.39 is 4.92 Å². The summed E-state index contributed by atoms with van der Waals surface area (Å²) in [5.41, 5.74) is 1.22. The molecule has 1 amide bonds. The number of thiazole rings is 1. The van der Waals surface area contributed by atoms with Gasteiger partial charge in [0.2, 0.25) is 0 Å². The lowest BCUT2D eigenvalue weighted by Crippen LogP contribution is -2.11. The Hall–Kier alpha value is -2.23. The van der Waals surface area contributed by atoms with Gasteiger partial charge in [-0.1, -0.05) is 13.8 Å². The van der Waals surface area contributed by atoms with Gasteiger partial charge < -0.3 is 0 Å². The molecular formula is C17H15N3O3S3. The van der Waals surface area contributed by atoms with Crippen LogP contribution in [0.4, 0.5) is 10.8 Å². The van der Waals surface area contributed by atoms with Gasteiger partial charge in [-0.15, -0.1) is 34.4 Å². The molecule has 0 fully saturated rings. The van der Waals surface area contributed by atoms with Crippen molar-refractivity contribution in [2.75, 3.05) is 5.32 Å². The van der Waals surface area contributed by atoms with Gasteiger partial charge in [-0.3, -0.25) is 20.2 Å². The smallest absolute Gasteiger partial charge is 0.280 e. The van der Waals surface area contributed by atoms with Crippen molar-refractivity contribution in [1.29, 1.82) is 0 Å². The van der Waals surface area contributed by atoms with Crippen LogP contribution >= 0.6 is 34.4 Å². The van der Waals surface area contributed by atoms with Gasteiger partial charge in [0.1, 0.15) is 0 Å². The molecule has 9 heteroatoms. The van der Waals surface area contributed by atoms with Crippen LogP contribution in [0.5, 0.6) is 0 Å². The number of carbonyl (C=O) groups is 1. The predicted molar refractivity (Wildman–Crippen MR) is 107 cm³/mol. The number of nitrogens with zero attached hydrogens (tertiary/aromatic N) is 2. The maximum Gasteiger partial charge on any atom is 0.280 e. The number of hydrogen-bond donors (Lipinski definition) is 1. The molecule has 6 nitrogen and oxygen atoms in total. The summed E-state index contributed by atoms with van der Waals surface area (Å²) < 4.78 is 0. The second kappa shape index (κ2) is 7.98. The van der Waals surface area contributed by atoms with Crippen LogP contribution < -0.4 is 5.32 Å². The molecule has 0 saturated carbocycles. The first kappa shape index (κ1) is 18.6. The lowest BCUT2D eigenvalue weighted by atomic mass is 10.2. The van der Waals surface area contributed by atoms with E-state index in [1.807, 2.05) is 12.1 Å². The van der Waals surface area contributed by atoms with Crippen molar-refractivity contribution in [3.05, 3.63) is 56.8 Å². The van der Waals surface area contributed by atoms with Crippen molar-refractivity contribution < 1.29 is 9.72 Å². The highest BCUT2D eigenvalue weighted by Gasteiger charge is 2.14. The Balaban J connectivity index is 1.68. The van der Waals surface area contributed by atoms with Crippen LogP contribution in [-0.2, 0) is 0 Å². The van der Waals surface area contributed by atoms with Crippen LogP contribution in [0, 0.1) is 10.1 Å². The highest BCUT2D eigenvalue weighted by Crippen LogP contribution is 2.33. The van der Waals surface area contributed by atoms with Gasteiger partial charge >= 0.3 is 0 Å². The molecule has 134 valence electrons. The monoisotopic (exact) mass is 405 g/mol. The third-order valence-corrected chi connectivity index (χ3v) is 5.98. The summed E-state index contributed by atoms with van der Waals surface area (Å²) in [6.07, 6.45) is 0. The van der Waals surface area contributed by atoms with E-state index in [-0.39, 0.29) is 11.6 Å². The number of nitro groups is 1. The molecular weight excluding hydrogens is 390 g/mol. The van der Waals surface area contributed by atoms with Crippen molar-refractivity contribution in [2.45, 2.75) is 24.0 Å². The second-order valence-electron chi connectivity index (χ2n) is 5.61. The van der Waals surface area contributed by atoms with Crippen molar-refractivity contribution in [3.63, 3.8) is 0 Å². The van der Waals surface area contributed by atoms with E-state index in [2.05, 4.69) is 24.1 Å². The van der Waals surface area contributed by atoms with Gasteiger partial charge in [0, 0.05) is 27.2 Å². The van der Waals surface area contributed by atoms with Gasteiger partial charge in [-0.25, -0.2) is 4.98 Å². The van der Waals surface area contributed by atoms with E-state index in [1.165, 1.54) is 34.1 Å². The molecule has 0 aliphatic carbocycles. The van der Waals surface area contributed by atoms with Gasteiger partial charge in [0.15, 0.2) is 5.13 Å². The van der Waals surface area contributed by atoms with Crippen molar-refractivity contribution in [1.82, 2.24) is 4.98 Å². The maximum atomic E-state index is 12.3. The van der Waals surface area contributed by atoms with E-state index in [0.717, 1.165) is 4.90 Å². The number of thioether (sulfide) groups is 1. The summed E-state index contributed by atoms with van der Waals surface area (Å²) in [5.74, 6) is -0.232. The minimum Gasteiger partial charge on any atom is -0.298 e. The van der Waals surface area contributed by atoms with Crippen LogP contribution in [0.25, 0.3) is 10.6 Å². The third-order valence-electron chi connectivity index (χ3n) is 3.26. The van der Waals surface area contributed by atoms with E-state index >= 15 is 0 Å². The molecule has 3 aromatic rings. The van der Waals surface area contributed by atoms with E-state index in [0.29, 0.717) is 26.5 Å². The number of rotatable bonds is 6. The summed E-state index contributed by atoms with van der Waals surface area (Å²) in [6.45, 7) is 4.24. The number of aromatic nitrogens is 1. The zero-order valence-corrected chi connectivity index (χ0v) is 16.4. The van der Waals surface area contributed by atoms with Gasteiger partial charge in [0.25, 0.3) is 11.6 Å². The fourth-order valence-corrected chi connectivity index (χ4v) is 4.56. The zero-order valence-electron chi connectivity index (χ0n) is 14.0. The van der Waals surface area contributed by atoms with Gasteiger partial charge in [-0.2, -0.15) is 0 Å². The molecule has 0 saturated heterocycles. The molecule has 2 aromatic heterocycles.